The van der Waals surface area contributed by atoms with Crippen LogP contribution in [-0.2, 0) is 18.8 Å². The molecule has 1 saturated heterocycles. The van der Waals surface area contributed by atoms with Gasteiger partial charge in [-0.05, 0) is 66.1 Å². The first-order valence-corrected chi connectivity index (χ1v) is 10.2. The summed E-state index contributed by atoms with van der Waals surface area (Å²) in [5.74, 6) is 0. The molecule has 6 nitrogen and oxygen atoms in total. The SMILES string of the molecule is CC(C)(C)OC(=O)N1CCOC=C1c1cc(Cl)cc(B2OC(C)(C)C(C)(C)O2)c1. The first-order chi connectivity index (χ1) is 13.3. The van der Waals surface area contributed by atoms with E-state index in [-0.39, 0.29) is 0 Å². The maximum absolute atomic E-state index is 12.7. The quantitative estimate of drug-likeness (QED) is 0.670. The van der Waals surface area contributed by atoms with Crippen LogP contribution in [0.1, 0.15) is 54.0 Å². The van der Waals surface area contributed by atoms with Gasteiger partial charge in [-0.15, -0.1) is 0 Å². The van der Waals surface area contributed by atoms with Crippen LogP contribution in [0.5, 0.6) is 0 Å². The van der Waals surface area contributed by atoms with Crippen molar-refractivity contribution in [2.45, 2.75) is 65.3 Å². The monoisotopic (exact) mass is 421 g/mol. The van der Waals surface area contributed by atoms with Crippen LogP contribution in [0.15, 0.2) is 24.5 Å². The highest BCUT2D eigenvalue weighted by Crippen LogP contribution is 2.37. The van der Waals surface area contributed by atoms with E-state index >= 15 is 0 Å². The highest BCUT2D eigenvalue weighted by molar-refractivity contribution is 6.62. The fraction of sp³-hybridized carbons (Fsp3) is 0.571. The van der Waals surface area contributed by atoms with Crippen LogP contribution in [0.2, 0.25) is 5.02 Å². The molecule has 0 atom stereocenters. The summed E-state index contributed by atoms with van der Waals surface area (Å²) in [7, 11) is -0.558. The number of benzene rings is 1. The lowest BCUT2D eigenvalue weighted by Gasteiger charge is -2.32. The minimum atomic E-state index is -0.595. The molecule has 0 N–H and O–H groups in total. The molecule has 0 radical (unpaired) electrons. The molecule has 1 fully saturated rings. The average molecular weight is 422 g/mol. The van der Waals surface area contributed by atoms with Crippen LogP contribution in [0.4, 0.5) is 4.79 Å². The van der Waals surface area contributed by atoms with Crippen LogP contribution < -0.4 is 5.46 Å². The Hall–Kier alpha value is -1.70. The summed E-state index contributed by atoms with van der Waals surface area (Å²) in [4.78, 5) is 14.3. The van der Waals surface area contributed by atoms with Crippen molar-refractivity contribution in [1.82, 2.24) is 4.90 Å². The van der Waals surface area contributed by atoms with Gasteiger partial charge in [-0.25, -0.2) is 4.79 Å². The van der Waals surface area contributed by atoms with Crippen molar-refractivity contribution in [3.8, 4) is 0 Å². The molecule has 2 heterocycles. The maximum Gasteiger partial charge on any atom is 0.494 e. The van der Waals surface area contributed by atoms with Crippen LogP contribution in [0.3, 0.4) is 0 Å². The number of nitrogens with zero attached hydrogens (tertiary/aromatic N) is 1. The topological polar surface area (TPSA) is 57.2 Å². The van der Waals surface area contributed by atoms with Crippen molar-refractivity contribution in [3.63, 3.8) is 0 Å². The third-order valence-electron chi connectivity index (χ3n) is 5.27. The molecular formula is C21H29BClNO5. The molecule has 1 aromatic rings. The Morgan fingerprint density at radius 3 is 2.34 bits per heavy atom. The second-order valence-corrected chi connectivity index (χ2v) is 9.80. The number of halogens is 1. The highest BCUT2D eigenvalue weighted by atomic mass is 35.5. The molecule has 0 unspecified atom stereocenters. The maximum atomic E-state index is 12.7. The lowest BCUT2D eigenvalue weighted by Crippen LogP contribution is -2.41. The summed E-state index contributed by atoms with van der Waals surface area (Å²) < 4.78 is 23.4. The van der Waals surface area contributed by atoms with Gasteiger partial charge in [0.25, 0.3) is 0 Å². The van der Waals surface area contributed by atoms with Gasteiger partial charge < -0.3 is 18.8 Å². The molecule has 1 aromatic carbocycles. The third kappa shape index (κ3) is 4.73. The van der Waals surface area contributed by atoms with E-state index in [0.29, 0.717) is 23.9 Å². The Bertz CT molecular complexity index is 815. The summed E-state index contributed by atoms with van der Waals surface area (Å²) in [6.45, 7) is 14.3. The number of rotatable bonds is 2. The van der Waals surface area contributed by atoms with Crippen molar-refractivity contribution in [1.29, 1.82) is 0 Å². The van der Waals surface area contributed by atoms with E-state index in [1.54, 1.807) is 17.2 Å². The van der Waals surface area contributed by atoms with Crippen molar-refractivity contribution in [2.75, 3.05) is 13.2 Å². The number of hydrogen-bond donors (Lipinski definition) is 0. The van der Waals surface area contributed by atoms with E-state index in [1.165, 1.54) is 0 Å². The fourth-order valence-corrected chi connectivity index (χ4v) is 3.32. The predicted octanol–water partition coefficient (Wildman–Crippen LogP) is 4.20. The smallest absolute Gasteiger partial charge is 0.494 e. The van der Waals surface area contributed by atoms with E-state index in [9.17, 15) is 4.79 Å². The van der Waals surface area contributed by atoms with E-state index in [4.69, 9.17) is 30.4 Å². The Morgan fingerprint density at radius 1 is 1.14 bits per heavy atom. The summed E-state index contributed by atoms with van der Waals surface area (Å²) in [5.41, 5.74) is 0.578. The van der Waals surface area contributed by atoms with Crippen molar-refractivity contribution >= 4 is 36.0 Å². The second kappa shape index (κ2) is 7.53. The largest absolute Gasteiger partial charge is 0.497 e. The van der Waals surface area contributed by atoms with Gasteiger partial charge in [0.15, 0.2) is 0 Å². The second-order valence-electron chi connectivity index (χ2n) is 9.37. The van der Waals surface area contributed by atoms with Gasteiger partial charge in [0, 0.05) is 10.6 Å². The fourth-order valence-electron chi connectivity index (χ4n) is 3.07. The lowest BCUT2D eigenvalue weighted by molar-refractivity contribution is 0.00578. The van der Waals surface area contributed by atoms with Crippen LogP contribution >= 0.6 is 11.6 Å². The minimum absolute atomic E-state index is 0.388. The number of hydrogen-bond acceptors (Lipinski definition) is 5. The zero-order valence-corrected chi connectivity index (χ0v) is 18.9. The molecule has 0 spiro atoms. The molecule has 29 heavy (non-hydrogen) atoms. The van der Waals surface area contributed by atoms with Gasteiger partial charge in [0.1, 0.15) is 18.5 Å². The molecule has 158 valence electrons. The van der Waals surface area contributed by atoms with E-state index < -0.39 is 30.0 Å². The van der Waals surface area contributed by atoms with Crippen LogP contribution in [-0.4, -0.2) is 48.1 Å². The van der Waals surface area contributed by atoms with Crippen LogP contribution in [0, 0.1) is 0 Å². The Kier molecular flexibility index (Phi) is 5.71. The number of carbonyl (C=O) groups is 1. The molecular weight excluding hydrogens is 392 g/mol. The number of carbonyl (C=O) groups excluding carboxylic acids is 1. The molecule has 2 aliphatic rings. The Morgan fingerprint density at radius 2 is 1.76 bits per heavy atom. The Balaban J connectivity index is 1.93. The highest BCUT2D eigenvalue weighted by Gasteiger charge is 2.51. The predicted molar refractivity (Wildman–Crippen MR) is 114 cm³/mol. The first-order valence-electron chi connectivity index (χ1n) is 9.78. The van der Waals surface area contributed by atoms with Gasteiger partial charge in [-0.3, -0.25) is 4.90 Å². The molecule has 1 amide bonds. The van der Waals surface area contributed by atoms with E-state index in [2.05, 4.69) is 0 Å². The normalized spacial score (nSPS) is 20.9. The molecule has 0 saturated carbocycles. The lowest BCUT2D eigenvalue weighted by atomic mass is 9.78. The van der Waals surface area contributed by atoms with Crippen molar-refractivity contribution in [2.24, 2.45) is 0 Å². The van der Waals surface area contributed by atoms with Crippen LogP contribution in [0.25, 0.3) is 5.70 Å². The standard InChI is InChI=1S/C21H29BClNO5/c1-19(2,3)27-18(25)24-8-9-26-13-17(24)14-10-15(12-16(23)11-14)22-28-20(4,5)21(6,7)29-22/h10-13H,8-9H2,1-7H3. The first kappa shape index (κ1) is 22.0. The van der Waals surface area contributed by atoms with Crippen molar-refractivity contribution < 1.29 is 23.6 Å². The van der Waals surface area contributed by atoms with Crippen molar-refractivity contribution in [3.05, 3.63) is 35.0 Å². The summed E-state index contributed by atoms with van der Waals surface area (Å²) in [5, 5.41) is 0.517. The van der Waals surface area contributed by atoms with E-state index in [0.717, 1.165) is 11.0 Å². The van der Waals surface area contributed by atoms with E-state index in [1.807, 2.05) is 60.6 Å². The van der Waals surface area contributed by atoms with Gasteiger partial charge in [-0.1, -0.05) is 17.7 Å². The summed E-state index contributed by atoms with van der Waals surface area (Å²) >= 11 is 6.41. The minimum Gasteiger partial charge on any atom is -0.497 e. The summed E-state index contributed by atoms with van der Waals surface area (Å²) in [6.07, 6.45) is 1.14. The molecule has 2 aliphatic heterocycles. The molecule has 0 aromatic heterocycles. The van der Waals surface area contributed by atoms with Gasteiger partial charge in [0.2, 0.25) is 0 Å². The molecule has 0 aliphatic carbocycles. The average Bonchev–Trinajstić information content (AvgIpc) is 2.80. The summed E-state index contributed by atoms with van der Waals surface area (Å²) in [6, 6.07) is 5.51. The zero-order valence-electron chi connectivity index (χ0n) is 18.2. The molecule has 3 rings (SSSR count). The third-order valence-corrected chi connectivity index (χ3v) is 5.49. The van der Waals surface area contributed by atoms with Gasteiger partial charge >= 0.3 is 13.2 Å². The number of amides is 1. The molecule has 8 heteroatoms. The van der Waals surface area contributed by atoms with Gasteiger partial charge in [0.05, 0.1) is 23.4 Å². The Labute approximate surface area is 178 Å². The van der Waals surface area contributed by atoms with Gasteiger partial charge in [-0.2, -0.15) is 0 Å². The zero-order chi connectivity index (χ0) is 21.6. The number of ether oxygens (including phenoxy) is 2. The molecule has 0 bridgehead atoms.